The Morgan fingerprint density at radius 2 is 2.31 bits per heavy atom. The smallest absolute Gasteiger partial charge is 0.311 e. The van der Waals surface area contributed by atoms with Crippen molar-refractivity contribution in [3.05, 3.63) is 30.2 Å². The minimum absolute atomic E-state index is 0.165. The third-order valence-electron chi connectivity index (χ3n) is 2.15. The fraction of sp³-hybridized carbons (Fsp3) is 0.182. The van der Waals surface area contributed by atoms with E-state index in [1.807, 2.05) is 0 Å². The highest BCUT2D eigenvalue weighted by Crippen LogP contribution is 2.18. The number of carboxylic acid groups (broad SMARTS) is 1. The monoisotopic (exact) mass is 218 g/mol. The van der Waals surface area contributed by atoms with Crippen LogP contribution in [0.5, 0.6) is 5.75 Å². The van der Waals surface area contributed by atoms with E-state index in [1.165, 1.54) is 0 Å². The van der Waals surface area contributed by atoms with E-state index in [1.54, 1.807) is 31.5 Å². The summed E-state index contributed by atoms with van der Waals surface area (Å²) in [5.74, 6) is 0.0973. The van der Waals surface area contributed by atoms with Crippen molar-refractivity contribution in [3.63, 3.8) is 0 Å². The van der Waals surface area contributed by atoms with Gasteiger partial charge >= 0.3 is 5.97 Å². The third kappa shape index (κ3) is 2.08. The topological polar surface area (TPSA) is 72.3 Å². The van der Waals surface area contributed by atoms with Gasteiger partial charge in [-0.15, -0.1) is 0 Å². The zero-order chi connectivity index (χ0) is 11.5. The molecule has 1 heterocycles. The number of rotatable bonds is 3. The molecule has 0 atom stereocenters. The first-order chi connectivity index (χ1) is 7.69. The summed E-state index contributed by atoms with van der Waals surface area (Å²) in [6, 6.07) is 5.36. The molecule has 0 bridgehead atoms. The number of benzene rings is 1. The maximum Gasteiger partial charge on any atom is 0.311 e. The van der Waals surface area contributed by atoms with Gasteiger partial charge in [0.25, 0.3) is 0 Å². The fourth-order valence-corrected chi connectivity index (χ4v) is 1.40. The van der Waals surface area contributed by atoms with Gasteiger partial charge in [-0.2, -0.15) is 0 Å². The second-order valence-electron chi connectivity index (χ2n) is 3.28. The van der Waals surface area contributed by atoms with Gasteiger partial charge in [-0.05, 0) is 18.2 Å². The quantitative estimate of drug-likeness (QED) is 0.839. The third-order valence-corrected chi connectivity index (χ3v) is 2.15. The van der Waals surface area contributed by atoms with Crippen LogP contribution in [0.15, 0.2) is 24.4 Å². The van der Waals surface area contributed by atoms with E-state index >= 15 is 0 Å². The number of hydrogen-bond acceptors (Lipinski definition) is 4. The lowest BCUT2D eigenvalue weighted by Gasteiger charge is -2.02. The molecular weight excluding hydrogens is 208 g/mol. The Bertz CT molecular complexity index is 540. The van der Waals surface area contributed by atoms with Gasteiger partial charge in [-0.1, -0.05) is 0 Å². The normalized spacial score (nSPS) is 10.3. The highest BCUT2D eigenvalue weighted by molar-refractivity contribution is 5.79. The molecule has 0 aliphatic carbocycles. The zero-order valence-corrected chi connectivity index (χ0v) is 8.67. The number of carboxylic acids is 1. The zero-order valence-electron chi connectivity index (χ0n) is 8.67. The highest BCUT2D eigenvalue weighted by atomic mass is 16.5. The number of aromatic nitrogens is 2. The molecule has 0 spiro atoms. The maximum absolute atomic E-state index is 10.5. The van der Waals surface area contributed by atoms with Gasteiger partial charge in [0.1, 0.15) is 18.0 Å². The average Bonchev–Trinajstić information content (AvgIpc) is 2.27. The van der Waals surface area contributed by atoms with Crippen LogP contribution in [-0.4, -0.2) is 28.2 Å². The Morgan fingerprint density at radius 3 is 3.00 bits per heavy atom. The molecule has 82 valence electrons. The highest BCUT2D eigenvalue weighted by Gasteiger charge is 2.05. The molecule has 1 aromatic heterocycles. The minimum Gasteiger partial charge on any atom is -0.497 e. The standard InChI is InChI=1S/C11H10N2O3/c1-16-8-2-3-9-7(4-8)6-12-10(13-9)5-11(14)15/h2-4,6H,5H2,1H3,(H,14,15). The molecule has 0 aliphatic heterocycles. The summed E-state index contributed by atoms with van der Waals surface area (Å²) in [4.78, 5) is 18.6. The van der Waals surface area contributed by atoms with Crippen LogP contribution in [0.2, 0.25) is 0 Å². The Labute approximate surface area is 91.7 Å². The van der Waals surface area contributed by atoms with E-state index in [4.69, 9.17) is 9.84 Å². The molecule has 0 aliphatic rings. The van der Waals surface area contributed by atoms with E-state index in [9.17, 15) is 4.79 Å². The largest absolute Gasteiger partial charge is 0.497 e. The van der Waals surface area contributed by atoms with Crippen molar-refractivity contribution < 1.29 is 14.6 Å². The van der Waals surface area contributed by atoms with E-state index in [0.717, 1.165) is 11.1 Å². The lowest BCUT2D eigenvalue weighted by Crippen LogP contribution is -2.04. The first kappa shape index (κ1) is 10.4. The van der Waals surface area contributed by atoms with Gasteiger partial charge in [-0.25, -0.2) is 9.97 Å². The van der Waals surface area contributed by atoms with Crippen molar-refractivity contribution >= 4 is 16.9 Å². The molecule has 1 N–H and O–H groups in total. The molecular formula is C11H10N2O3. The summed E-state index contributed by atoms with van der Waals surface area (Å²) >= 11 is 0. The van der Waals surface area contributed by atoms with Crippen LogP contribution in [0, 0.1) is 0 Å². The van der Waals surface area contributed by atoms with E-state index < -0.39 is 5.97 Å². The molecule has 16 heavy (non-hydrogen) atoms. The number of fused-ring (bicyclic) bond motifs is 1. The van der Waals surface area contributed by atoms with Crippen molar-refractivity contribution in [2.24, 2.45) is 0 Å². The van der Waals surface area contributed by atoms with Crippen molar-refractivity contribution in [3.8, 4) is 5.75 Å². The van der Waals surface area contributed by atoms with Crippen LogP contribution in [-0.2, 0) is 11.2 Å². The van der Waals surface area contributed by atoms with Crippen LogP contribution < -0.4 is 4.74 Å². The molecule has 2 aromatic rings. The molecule has 0 saturated heterocycles. The van der Waals surface area contributed by atoms with Gasteiger partial charge in [0, 0.05) is 11.6 Å². The maximum atomic E-state index is 10.5. The first-order valence-corrected chi connectivity index (χ1v) is 4.70. The van der Waals surface area contributed by atoms with Gasteiger partial charge in [0.2, 0.25) is 0 Å². The van der Waals surface area contributed by atoms with Crippen LogP contribution in [0.3, 0.4) is 0 Å². The summed E-state index contributed by atoms with van der Waals surface area (Å²) in [5.41, 5.74) is 0.715. The SMILES string of the molecule is COc1ccc2nc(CC(=O)O)ncc2c1. The second kappa shape index (κ2) is 4.14. The average molecular weight is 218 g/mol. The molecule has 2 rings (SSSR count). The van der Waals surface area contributed by atoms with Gasteiger partial charge in [0.05, 0.1) is 12.6 Å². The number of hydrogen-bond donors (Lipinski definition) is 1. The summed E-state index contributed by atoms with van der Waals surface area (Å²) in [7, 11) is 1.58. The van der Waals surface area contributed by atoms with Crippen LogP contribution >= 0.6 is 0 Å². The number of carbonyl (C=O) groups is 1. The van der Waals surface area contributed by atoms with Crippen molar-refractivity contribution in [2.45, 2.75) is 6.42 Å². The molecule has 0 unspecified atom stereocenters. The molecule has 5 nitrogen and oxygen atoms in total. The Hall–Kier alpha value is -2.17. The summed E-state index contributed by atoms with van der Waals surface area (Å²) < 4.78 is 5.07. The van der Waals surface area contributed by atoms with Crippen LogP contribution in [0.4, 0.5) is 0 Å². The molecule has 0 radical (unpaired) electrons. The number of methoxy groups -OCH3 is 1. The van der Waals surface area contributed by atoms with E-state index in [0.29, 0.717) is 11.3 Å². The molecule has 5 heteroatoms. The van der Waals surface area contributed by atoms with Crippen LogP contribution in [0.25, 0.3) is 10.9 Å². The van der Waals surface area contributed by atoms with Gasteiger partial charge < -0.3 is 9.84 Å². The van der Waals surface area contributed by atoms with Crippen molar-refractivity contribution in [1.29, 1.82) is 0 Å². The Morgan fingerprint density at radius 1 is 1.50 bits per heavy atom. The second-order valence-corrected chi connectivity index (χ2v) is 3.28. The Balaban J connectivity index is 2.43. The Kier molecular flexibility index (Phi) is 2.68. The van der Waals surface area contributed by atoms with Crippen molar-refractivity contribution in [2.75, 3.05) is 7.11 Å². The predicted octanol–water partition coefficient (Wildman–Crippen LogP) is 1.27. The number of aliphatic carboxylic acids is 1. The fourth-order valence-electron chi connectivity index (χ4n) is 1.40. The summed E-state index contributed by atoms with van der Waals surface area (Å²) in [5, 5.41) is 9.45. The lowest BCUT2D eigenvalue weighted by atomic mass is 10.2. The lowest BCUT2D eigenvalue weighted by molar-refractivity contribution is -0.136. The van der Waals surface area contributed by atoms with E-state index in [2.05, 4.69) is 9.97 Å². The van der Waals surface area contributed by atoms with Gasteiger partial charge in [0.15, 0.2) is 0 Å². The van der Waals surface area contributed by atoms with Crippen LogP contribution in [0.1, 0.15) is 5.82 Å². The summed E-state index contributed by atoms with van der Waals surface area (Å²) in [6.45, 7) is 0. The first-order valence-electron chi connectivity index (χ1n) is 4.70. The number of ether oxygens (including phenoxy) is 1. The predicted molar refractivity (Wildman–Crippen MR) is 57.4 cm³/mol. The molecule has 0 fully saturated rings. The number of nitrogens with zero attached hydrogens (tertiary/aromatic N) is 2. The summed E-state index contributed by atoms with van der Waals surface area (Å²) in [6.07, 6.45) is 1.44. The minimum atomic E-state index is -0.937. The molecule has 0 saturated carbocycles. The van der Waals surface area contributed by atoms with Crippen molar-refractivity contribution in [1.82, 2.24) is 9.97 Å². The molecule has 1 aromatic carbocycles. The van der Waals surface area contributed by atoms with Gasteiger partial charge in [-0.3, -0.25) is 4.79 Å². The molecule has 0 amide bonds. The van der Waals surface area contributed by atoms with E-state index in [-0.39, 0.29) is 6.42 Å².